The minimum Gasteiger partial charge on any atom is -0.377 e. The Hall–Kier alpha value is -1.07. The lowest BCUT2D eigenvalue weighted by Crippen LogP contribution is -2.20. The number of nitrogens with one attached hydrogen (secondary N) is 2. The molecule has 1 aromatic rings. The van der Waals surface area contributed by atoms with Gasteiger partial charge in [-0.05, 0) is 13.8 Å². The van der Waals surface area contributed by atoms with Crippen molar-refractivity contribution in [3.05, 3.63) is 11.2 Å². The van der Waals surface area contributed by atoms with E-state index in [9.17, 15) is 0 Å². The fourth-order valence-electron chi connectivity index (χ4n) is 1.20. The lowest BCUT2D eigenvalue weighted by Gasteiger charge is -2.14. The first-order chi connectivity index (χ1) is 7.67. The Labute approximate surface area is 101 Å². The molecule has 0 fully saturated rings. The van der Waals surface area contributed by atoms with Crippen LogP contribution in [0, 0.1) is 0 Å². The normalized spacial score (nSPS) is 12.2. The fraction of sp³-hybridized carbons (Fsp3) is 0.600. The minimum absolute atomic E-state index is 0.120. The SMILES string of the molecule is CCOC(C)CNc1nc(NC)ncc1Cl. The Morgan fingerprint density at radius 2 is 2.31 bits per heavy atom. The first-order valence-corrected chi connectivity index (χ1v) is 5.61. The third kappa shape index (κ3) is 3.83. The summed E-state index contributed by atoms with van der Waals surface area (Å²) in [4.78, 5) is 8.20. The van der Waals surface area contributed by atoms with Crippen molar-refractivity contribution < 1.29 is 4.74 Å². The quantitative estimate of drug-likeness (QED) is 0.802. The maximum absolute atomic E-state index is 5.96. The molecule has 0 radical (unpaired) electrons. The molecule has 2 N–H and O–H groups in total. The van der Waals surface area contributed by atoms with Gasteiger partial charge in [-0.1, -0.05) is 11.6 Å². The van der Waals surface area contributed by atoms with Crippen molar-refractivity contribution in [3.8, 4) is 0 Å². The maximum Gasteiger partial charge on any atom is 0.224 e. The maximum atomic E-state index is 5.96. The minimum atomic E-state index is 0.120. The van der Waals surface area contributed by atoms with Crippen LogP contribution in [0.5, 0.6) is 0 Å². The van der Waals surface area contributed by atoms with E-state index >= 15 is 0 Å². The lowest BCUT2D eigenvalue weighted by molar-refractivity contribution is 0.0855. The second kappa shape index (κ2) is 6.50. The van der Waals surface area contributed by atoms with Gasteiger partial charge in [0.2, 0.25) is 5.95 Å². The molecule has 90 valence electrons. The van der Waals surface area contributed by atoms with Crippen LogP contribution >= 0.6 is 11.6 Å². The molecule has 0 aliphatic heterocycles. The van der Waals surface area contributed by atoms with Gasteiger partial charge in [-0.15, -0.1) is 0 Å². The first-order valence-electron chi connectivity index (χ1n) is 5.23. The molecule has 0 spiro atoms. The van der Waals surface area contributed by atoms with Crippen LogP contribution in [0.2, 0.25) is 5.02 Å². The topological polar surface area (TPSA) is 59.1 Å². The van der Waals surface area contributed by atoms with Gasteiger partial charge >= 0.3 is 0 Å². The van der Waals surface area contributed by atoms with Gasteiger partial charge in [-0.25, -0.2) is 4.98 Å². The van der Waals surface area contributed by atoms with E-state index in [0.717, 1.165) is 0 Å². The molecule has 1 atom stereocenters. The predicted molar refractivity (Wildman–Crippen MR) is 66.2 cm³/mol. The van der Waals surface area contributed by atoms with Gasteiger partial charge in [0, 0.05) is 20.2 Å². The molecule has 5 nitrogen and oxygen atoms in total. The number of hydrogen-bond acceptors (Lipinski definition) is 5. The Kier molecular flexibility index (Phi) is 5.28. The van der Waals surface area contributed by atoms with E-state index in [1.807, 2.05) is 13.8 Å². The second-order valence-corrected chi connectivity index (χ2v) is 3.69. The van der Waals surface area contributed by atoms with Gasteiger partial charge in [-0.3, -0.25) is 0 Å². The Morgan fingerprint density at radius 3 is 2.94 bits per heavy atom. The van der Waals surface area contributed by atoms with E-state index in [1.54, 1.807) is 13.2 Å². The molecule has 1 aromatic heterocycles. The zero-order valence-corrected chi connectivity index (χ0v) is 10.5. The van der Waals surface area contributed by atoms with Gasteiger partial charge in [0.15, 0.2) is 5.82 Å². The van der Waals surface area contributed by atoms with Gasteiger partial charge < -0.3 is 15.4 Å². The summed E-state index contributed by atoms with van der Waals surface area (Å²) in [6.07, 6.45) is 1.68. The summed E-state index contributed by atoms with van der Waals surface area (Å²) < 4.78 is 5.40. The van der Waals surface area contributed by atoms with Crippen molar-refractivity contribution in [2.24, 2.45) is 0 Å². The molecular formula is C10H17ClN4O. The highest BCUT2D eigenvalue weighted by Crippen LogP contribution is 2.19. The number of aromatic nitrogens is 2. The molecule has 0 aliphatic carbocycles. The highest BCUT2D eigenvalue weighted by molar-refractivity contribution is 6.32. The van der Waals surface area contributed by atoms with Gasteiger partial charge in [0.1, 0.15) is 5.02 Å². The van der Waals surface area contributed by atoms with Crippen molar-refractivity contribution in [2.75, 3.05) is 30.8 Å². The Balaban J connectivity index is 2.58. The van der Waals surface area contributed by atoms with Crippen LogP contribution in [-0.2, 0) is 4.74 Å². The van der Waals surface area contributed by atoms with Gasteiger partial charge in [0.05, 0.1) is 12.3 Å². The smallest absolute Gasteiger partial charge is 0.224 e. The van der Waals surface area contributed by atoms with E-state index in [2.05, 4.69) is 20.6 Å². The number of nitrogens with zero attached hydrogens (tertiary/aromatic N) is 2. The monoisotopic (exact) mass is 244 g/mol. The molecule has 0 bridgehead atoms. The summed E-state index contributed by atoms with van der Waals surface area (Å²) in [7, 11) is 1.76. The highest BCUT2D eigenvalue weighted by atomic mass is 35.5. The van der Waals surface area contributed by atoms with E-state index in [0.29, 0.717) is 29.9 Å². The number of rotatable bonds is 6. The third-order valence-corrected chi connectivity index (χ3v) is 2.25. The number of halogens is 1. The van der Waals surface area contributed by atoms with Crippen molar-refractivity contribution in [1.29, 1.82) is 0 Å². The molecule has 16 heavy (non-hydrogen) atoms. The molecule has 0 saturated heterocycles. The zero-order chi connectivity index (χ0) is 12.0. The molecule has 0 saturated carbocycles. The summed E-state index contributed by atoms with van der Waals surface area (Å²) in [6, 6.07) is 0. The highest BCUT2D eigenvalue weighted by Gasteiger charge is 2.06. The van der Waals surface area contributed by atoms with E-state index in [-0.39, 0.29) is 6.10 Å². The van der Waals surface area contributed by atoms with E-state index in [4.69, 9.17) is 16.3 Å². The van der Waals surface area contributed by atoms with Crippen LogP contribution in [0.15, 0.2) is 6.20 Å². The summed E-state index contributed by atoms with van der Waals surface area (Å²) in [5.74, 6) is 1.16. The lowest BCUT2D eigenvalue weighted by atomic mass is 10.4. The summed E-state index contributed by atoms with van der Waals surface area (Å²) in [5.41, 5.74) is 0. The molecule has 0 amide bonds. The summed E-state index contributed by atoms with van der Waals surface area (Å²) >= 11 is 5.96. The third-order valence-electron chi connectivity index (χ3n) is 1.98. The first kappa shape index (κ1) is 13.0. The van der Waals surface area contributed by atoms with Gasteiger partial charge in [0.25, 0.3) is 0 Å². The number of hydrogen-bond donors (Lipinski definition) is 2. The van der Waals surface area contributed by atoms with Crippen molar-refractivity contribution in [2.45, 2.75) is 20.0 Å². The van der Waals surface area contributed by atoms with Crippen molar-refractivity contribution in [1.82, 2.24) is 9.97 Å². The van der Waals surface area contributed by atoms with E-state index in [1.165, 1.54) is 0 Å². The van der Waals surface area contributed by atoms with Crippen LogP contribution < -0.4 is 10.6 Å². The van der Waals surface area contributed by atoms with Crippen LogP contribution in [0.4, 0.5) is 11.8 Å². The second-order valence-electron chi connectivity index (χ2n) is 3.29. The molecule has 1 rings (SSSR count). The average molecular weight is 245 g/mol. The molecule has 0 aromatic carbocycles. The summed E-state index contributed by atoms with van der Waals surface area (Å²) in [5, 5.41) is 6.48. The zero-order valence-electron chi connectivity index (χ0n) is 9.75. The number of anilines is 2. The standard InChI is InChI=1S/C10H17ClN4O/c1-4-16-7(2)5-13-9-8(11)6-14-10(12-3)15-9/h6-7H,4-5H2,1-3H3,(H2,12,13,14,15). The molecular weight excluding hydrogens is 228 g/mol. The molecule has 1 unspecified atom stereocenters. The van der Waals surface area contributed by atoms with Crippen LogP contribution in [0.3, 0.4) is 0 Å². The van der Waals surface area contributed by atoms with Crippen LogP contribution in [-0.4, -0.2) is 36.3 Å². The number of ether oxygens (including phenoxy) is 1. The van der Waals surface area contributed by atoms with E-state index < -0.39 is 0 Å². The molecule has 1 heterocycles. The fourth-order valence-corrected chi connectivity index (χ4v) is 1.35. The van der Waals surface area contributed by atoms with Crippen LogP contribution in [0.25, 0.3) is 0 Å². The Bertz CT molecular complexity index is 335. The van der Waals surface area contributed by atoms with Crippen molar-refractivity contribution in [3.63, 3.8) is 0 Å². The average Bonchev–Trinajstić information content (AvgIpc) is 2.28. The molecule has 6 heteroatoms. The van der Waals surface area contributed by atoms with Crippen molar-refractivity contribution >= 4 is 23.4 Å². The predicted octanol–water partition coefficient (Wildman–Crippen LogP) is 2.01. The van der Waals surface area contributed by atoms with Gasteiger partial charge in [-0.2, -0.15) is 4.98 Å². The molecule has 0 aliphatic rings. The van der Waals surface area contributed by atoms with Crippen LogP contribution in [0.1, 0.15) is 13.8 Å². The largest absolute Gasteiger partial charge is 0.377 e. The Morgan fingerprint density at radius 1 is 1.56 bits per heavy atom. The summed E-state index contributed by atoms with van der Waals surface area (Å²) in [6.45, 7) is 5.31.